The van der Waals surface area contributed by atoms with Crippen LogP contribution in [0.25, 0.3) is 0 Å². The summed E-state index contributed by atoms with van der Waals surface area (Å²) in [6.45, 7) is 1.30. The molecule has 7 nitrogen and oxygen atoms in total. The molecular weight excluding hydrogens is 252 g/mol. The van der Waals surface area contributed by atoms with E-state index in [0.29, 0.717) is 0 Å². The maximum Gasteiger partial charge on any atom is 0.337 e. The van der Waals surface area contributed by atoms with E-state index in [1.54, 1.807) is 0 Å². The minimum atomic E-state index is -4.94. The monoisotopic (exact) mass is 260 g/mol. The van der Waals surface area contributed by atoms with Crippen LogP contribution in [-0.2, 0) is 10.1 Å². The van der Waals surface area contributed by atoms with E-state index in [-0.39, 0.29) is 5.56 Å². The van der Waals surface area contributed by atoms with E-state index in [1.165, 1.54) is 6.92 Å². The van der Waals surface area contributed by atoms with Gasteiger partial charge in [0.25, 0.3) is 10.1 Å². The molecule has 0 atom stereocenters. The second-order valence-electron chi connectivity index (χ2n) is 3.22. The Kier molecular flexibility index (Phi) is 3.21. The summed E-state index contributed by atoms with van der Waals surface area (Å²) in [6, 6.07) is 2.08. The normalized spacial score (nSPS) is 11.2. The van der Waals surface area contributed by atoms with Gasteiger partial charge in [-0.25, -0.2) is 9.59 Å². The highest BCUT2D eigenvalue weighted by Crippen LogP contribution is 2.24. The zero-order valence-electron chi connectivity index (χ0n) is 8.54. The van der Waals surface area contributed by atoms with E-state index in [9.17, 15) is 18.0 Å². The van der Waals surface area contributed by atoms with Crippen molar-refractivity contribution in [1.29, 1.82) is 0 Å². The number of hydrogen-bond acceptors (Lipinski definition) is 4. The molecule has 0 saturated heterocycles. The topological polar surface area (TPSA) is 129 Å². The van der Waals surface area contributed by atoms with E-state index in [4.69, 9.17) is 14.8 Å². The summed E-state index contributed by atoms with van der Waals surface area (Å²) < 4.78 is 31.0. The van der Waals surface area contributed by atoms with Gasteiger partial charge in [0, 0.05) is 0 Å². The van der Waals surface area contributed by atoms with Gasteiger partial charge in [-0.3, -0.25) is 4.55 Å². The summed E-state index contributed by atoms with van der Waals surface area (Å²) in [4.78, 5) is 20.6. The summed E-state index contributed by atoms with van der Waals surface area (Å²) in [6.07, 6.45) is 0. The van der Waals surface area contributed by atoms with Crippen molar-refractivity contribution in [2.45, 2.75) is 11.8 Å². The predicted molar refractivity (Wildman–Crippen MR) is 54.9 cm³/mol. The van der Waals surface area contributed by atoms with Crippen LogP contribution in [0.15, 0.2) is 17.0 Å². The Morgan fingerprint density at radius 3 is 2.00 bits per heavy atom. The Bertz CT molecular complexity index is 600. The quantitative estimate of drug-likeness (QED) is 0.680. The van der Waals surface area contributed by atoms with Crippen molar-refractivity contribution in [3.05, 3.63) is 28.8 Å². The number of carboxylic acid groups (broad SMARTS) is 2. The summed E-state index contributed by atoms with van der Waals surface area (Å²) in [5.41, 5.74) is -1.49. The van der Waals surface area contributed by atoms with Gasteiger partial charge in [-0.2, -0.15) is 8.42 Å². The number of aromatic carboxylic acids is 2. The third-order valence-corrected chi connectivity index (χ3v) is 3.01. The van der Waals surface area contributed by atoms with Gasteiger partial charge in [-0.15, -0.1) is 0 Å². The first-order valence-corrected chi connectivity index (χ1v) is 5.68. The number of carbonyl (C=O) groups is 2. The van der Waals surface area contributed by atoms with Crippen LogP contribution in [0.2, 0.25) is 0 Å². The van der Waals surface area contributed by atoms with Crippen molar-refractivity contribution in [3.8, 4) is 0 Å². The third kappa shape index (κ3) is 2.43. The molecule has 0 radical (unpaired) electrons. The fourth-order valence-corrected chi connectivity index (χ4v) is 2.32. The maximum absolute atomic E-state index is 11.1. The highest BCUT2D eigenvalue weighted by atomic mass is 32.2. The fourth-order valence-electron chi connectivity index (χ4n) is 1.38. The van der Waals surface area contributed by atoms with E-state index in [1.807, 2.05) is 0 Å². The molecule has 0 saturated carbocycles. The molecule has 1 rings (SSSR count). The van der Waals surface area contributed by atoms with Gasteiger partial charge in [-0.05, 0) is 18.6 Å². The van der Waals surface area contributed by atoms with Crippen LogP contribution in [0.5, 0.6) is 0 Å². The van der Waals surface area contributed by atoms with Gasteiger partial charge in [0.15, 0.2) is 0 Å². The standard InChI is InChI=1S/C9H8O7S/c1-4-2-3-5(8(10)11)7(17(14,15)16)6(4)9(12)13/h2-3H,1H3,(H,10,11)(H,12,13)(H,14,15,16). The zero-order chi connectivity index (χ0) is 13.4. The molecule has 0 heterocycles. The Balaban J connectivity index is 3.88. The second kappa shape index (κ2) is 4.15. The first-order chi connectivity index (χ1) is 7.66. The van der Waals surface area contributed by atoms with E-state index in [2.05, 4.69) is 0 Å². The summed E-state index contributed by atoms with van der Waals surface area (Å²) in [5.74, 6) is -3.27. The third-order valence-electron chi connectivity index (χ3n) is 2.07. The molecule has 0 unspecified atom stereocenters. The van der Waals surface area contributed by atoms with Gasteiger partial charge < -0.3 is 10.2 Å². The van der Waals surface area contributed by atoms with Crippen LogP contribution >= 0.6 is 0 Å². The molecule has 0 aliphatic heterocycles. The average Bonchev–Trinajstić information content (AvgIpc) is 2.14. The fraction of sp³-hybridized carbons (Fsp3) is 0.111. The highest BCUT2D eigenvalue weighted by Gasteiger charge is 2.28. The van der Waals surface area contributed by atoms with Gasteiger partial charge >= 0.3 is 11.9 Å². The molecule has 0 fully saturated rings. The lowest BCUT2D eigenvalue weighted by atomic mass is 10.0. The van der Waals surface area contributed by atoms with Crippen molar-refractivity contribution in [1.82, 2.24) is 0 Å². The minimum absolute atomic E-state index is 0.0372. The van der Waals surface area contributed by atoms with Gasteiger partial charge in [0.2, 0.25) is 0 Å². The SMILES string of the molecule is Cc1ccc(C(=O)O)c(S(=O)(=O)O)c1C(=O)O. The smallest absolute Gasteiger partial charge is 0.337 e. The lowest BCUT2D eigenvalue weighted by Gasteiger charge is -2.09. The summed E-state index contributed by atoms with van der Waals surface area (Å²) in [5, 5.41) is 17.6. The molecule has 0 amide bonds. The Morgan fingerprint density at radius 1 is 1.12 bits per heavy atom. The predicted octanol–water partition coefficient (Wildman–Crippen LogP) is 0.638. The first-order valence-electron chi connectivity index (χ1n) is 4.24. The second-order valence-corrected chi connectivity index (χ2v) is 4.58. The van der Waals surface area contributed by atoms with Gasteiger partial charge in [0.05, 0.1) is 11.1 Å². The van der Waals surface area contributed by atoms with Crippen molar-refractivity contribution in [2.24, 2.45) is 0 Å². The Morgan fingerprint density at radius 2 is 1.65 bits per heavy atom. The van der Waals surface area contributed by atoms with E-state index >= 15 is 0 Å². The molecule has 0 spiro atoms. The molecule has 3 N–H and O–H groups in total. The summed E-state index contributed by atoms with van der Waals surface area (Å²) in [7, 11) is -4.94. The average molecular weight is 260 g/mol. The molecule has 1 aromatic rings. The van der Waals surface area contributed by atoms with Crippen LogP contribution in [0.3, 0.4) is 0 Å². The minimum Gasteiger partial charge on any atom is -0.478 e. The number of hydrogen-bond donors (Lipinski definition) is 3. The van der Waals surface area contributed by atoms with Crippen molar-refractivity contribution < 1.29 is 32.8 Å². The van der Waals surface area contributed by atoms with Crippen LogP contribution in [0.4, 0.5) is 0 Å². The Labute approximate surface area is 96.1 Å². The number of carboxylic acids is 2. The molecule has 0 bridgehead atoms. The lowest BCUT2D eigenvalue weighted by Crippen LogP contribution is -2.15. The molecule has 92 valence electrons. The molecule has 0 aromatic heterocycles. The largest absolute Gasteiger partial charge is 0.478 e. The number of rotatable bonds is 3. The van der Waals surface area contributed by atoms with Crippen molar-refractivity contribution in [2.75, 3.05) is 0 Å². The highest BCUT2D eigenvalue weighted by molar-refractivity contribution is 7.86. The van der Waals surface area contributed by atoms with Crippen molar-refractivity contribution in [3.63, 3.8) is 0 Å². The van der Waals surface area contributed by atoms with Crippen molar-refractivity contribution >= 4 is 22.1 Å². The lowest BCUT2D eigenvalue weighted by molar-refractivity contribution is 0.0688. The van der Waals surface area contributed by atoms with Crippen LogP contribution in [0, 0.1) is 6.92 Å². The molecule has 8 heteroatoms. The Hall–Kier alpha value is -1.93. The molecular formula is C9H8O7S. The van der Waals surface area contributed by atoms with Crippen LogP contribution in [-0.4, -0.2) is 35.1 Å². The maximum atomic E-state index is 11.1. The molecule has 0 aliphatic carbocycles. The number of benzene rings is 1. The molecule has 1 aromatic carbocycles. The van der Waals surface area contributed by atoms with Gasteiger partial charge in [-0.1, -0.05) is 6.07 Å². The van der Waals surface area contributed by atoms with E-state index < -0.39 is 38.1 Å². The summed E-state index contributed by atoms with van der Waals surface area (Å²) >= 11 is 0. The van der Waals surface area contributed by atoms with Gasteiger partial charge in [0.1, 0.15) is 4.90 Å². The first kappa shape index (κ1) is 13.1. The van der Waals surface area contributed by atoms with Crippen LogP contribution in [0.1, 0.15) is 26.3 Å². The molecule has 0 aliphatic rings. The van der Waals surface area contributed by atoms with E-state index in [0.717, 1.165) is 12.1 Å². The number of aryl methyl sites for hydroxylation is 1. The molecule has 17 heavy (non-hydrogen) atoms. The zero-order valence-corrected chi connectivity index (χ0v) is 9.35. The van der Waals surface area contributed by atoms with Crippen LogP contribution < -0.4 is 0 Å².